The normalized spacial score (nSPS) is 7.38. The van der Waals surface area contributed by atoms with Crippen LogP contribution in [0, 0.1) is 0 Å². The second-order valence-electron chi connectivity index (χ2n) is 4.10. The summed E-state index contributed by atoms with van der Waals surface area (Å²) in [7, 11) is 0. The Morgan fingerprint density at radius 3 is 0.423 bits per heavy atom. The summed E-state index contributed by atoms with van der Waals surface area (Å²) in [5.74, 6) is 0. The van der Waals surface area contributed by atoms with Gasteiger partial charge in [0.1, 0.15) is 0 Å². The molecule has 0 unspecified atom stereocenters. The van der Waals surface area contributed by atoms with Gasteiger partial charge in [0.15, 0.2) is 0 Å². The first-order valence-corrected chi connectivity index (χ1v) is 7.40. The topological polar surface area (TPSA) is 51.6 Å². The summed E-state index contributed by atoms with van der Waals surface area (Å²) in [5, 5.41) is 0. The van der Waals surface area contributed by atoms with Crippen molar-refractivity contribution < 1.29 is 34.1 Å². The van der Waals surface area contributed by atoms with E-state index >= 15 is 0 Å². The summed E-state index contributed by atoms with van der Waals surface area (Å²) in [6.45, 7) is 0. The van der Waals surface area contributed by atoms with Gasteiger partial charge in [0.25, 0.3) is 0 Å². The van der Waals surface area contributed by atoms with Crippen molar-refractivity contribution in [3.05, 3.63) is 122 Å². The van der Waals surface area contributed by atoms with Crippen LogP contribution in [0.25, 0.3) is 0 Å². The molecule has 136 valence electrons. The van der Waals surface area contributed by atoms with E-state index in [1.165, 1.54) is 0 Å². The van der Waals surface area contributed by atoms with Crippen LogP contribution in [0.3, 0.4) is 0 Å². The maximum Gasteiger partial charge on any atom is 0.0267 e. The van der Waals surface area contributed by atoms with Crippen LogP contribution in [-0.4, -0.2) is 19.9 Å². The van der Waals surface area contributed by atoms with Gasteiger partial charge in [0, 0.05) is 83.7 Å². The maximum atomic E-state index is 3.78. The molecule has 4 nitrogen and oxygen atoms in total. The molecule has 4 aromatic heterocycles. The zero-order chi connectivity index (χ0) is 17.0. The van der Waals surface area contributed by atoms with E-state index < -0.39 is 0 Å². The molecule has 0 fully saturated rings. The molecule has 0 aliphatic rings. The van der Waals surface area contributed by atoms with Crippen LogP contribution in [0.1, 0.15) is 0 Å². The van der Waals surface area contributed by atoms with Crippen molar-refractivity contribution in [1.82, 2.24) is 19.9 Å². The third-order valence-electron chi connectivity index (χ3n) is 2.27. The molecular formula is C20H20Fe2N4. The molecule has 0 aromatic carbocycles. The minimum absolute atomic E-state index is 0. The average molecular weight is 428 g/mol. The second-order valence-corrected chi connectivity index (χ2v) is 4.10. The number of aromatic nitrogens is 4. The Morgan fingerprint density at radius 1 is 0.231 bits per heavy atom. The third-order valence-corrected chi connectivity index (χ3v) is 2.27. The Labute approximate surface area is 176 Å². The molecule has 0 radical (unpaired) electrons. The van der Waals surface area contributed by atoms with E-state index in [0.717, 1.165) is 0 Å². The maximum absolute atomic E-state index is 3.78. The van der Waals surface area contributed by atoms with Crippen molar-refractivity contribution in [2.75, 3.05) is 0 Å². The van der Waals surface area contributed by atoms with Gasteiger partial charge in [-0.3, -0.25) is 19.9 Å². The molecule has 0 saturated heterocycles. The Kier molecular flexibility index (Phi) is 22.5. The Hall–Kier alpha value is -2.36. The van der Waals surface area contributed by atoms with Gasteiger partial charge in [-0.25, -0.2) is 0 Å². The molecule has 4 heterocycles. The van der Waals surface area contributed by atoms with Crippen molar-refractivity contribution in [3.8, 4) is 0 Å². The molecule has 0 bridgehead atoms. The summed E-state index contributed by atoms with van der Waals surface area (Å²) in [6.07, 6.45) is 14.0. The molecule has 4 rings (SSSR count). The third kappa shape index (κ3) is 19.7. The zero-order valence-electron chi connectivity index (χ0n) is 14.0. The Bertz CT molecular complexity index is 440. The predicted molar refractivity (Wildman–Crippen MR) is 96.9 cm³/mol. The van der Waals surface area contributed by atoms with Crippen LogP contribution < -0.4 is 0 Å². The van der Waals surface area contributed by atoms with Gasteiger partial charge in [-0.2, -0.15) is 0 Å². The van der Waals surface area contributed by atoms with Gasteiger partial charge in [-0.15, -0.1) is 0 Å². The first-order chi connectivity index (χ1) is 12.0. The standard InChI is InChI=1S/4C5H5N.2Fe/c4*1-2-4-6-5-3-1;;/h4*1-5H;;. The summed E-state index contributed by atoms with van der Waals surface area (Å²) >= 11 is 0. The van der Waals surface area contributed by atoms with Gasteiger partial charge in [0.2, 0.25) is 0 Å². The first-order valence-electron chi connectivity index (χ1n) is 7.40. The van der Waals surface area contributed by atoms with Crippen molar-refractivity contribution in [1.29, 1.82) is 0 Å². The molecule has 0 atom stereocenters. The number of nitrogens with zero attached hydrogens (tertiary/aromatic N) is 4. The van der Waals surface area contributed by atoms with Crippen molar-refractivity contribution >= 4 is 0 Å². The first kappa shape index (κ1) is 25.9. The van der Waals surface area contributed by atoms with Crippen molar-refractivity contribution in [3.63, 3.8) is 0 Å². The molecular weight excluding hydrogens is 408 g/mol. The van der Waals surface area contributed by atoms with E-state index in [0.29, 0.717) is 0 Å². The molecule has 0 amide bonds. The summed E-state index contributed by atoms with van der Waals surface area (Å²) in [6, 6.07) is 22.9. The Morgan fingerprint density at radius 2 is 0.385 bits per heavy atom. The molecule has 0 aliphatic heterocycles. The summed E-state index contributed by atoms with van der Waals surface area (Å²) < 4.78 is 0. The average Bonchev–Trinajstić information content (AvgIpc) is 2.75. The van der Waals surface area contributed by atoms with Crippen molar-refractivity contribution in [2.45, 2.75) is 0 Å². The molecule has 0 spiro atoms. The summed E-state index contributed by atoms with van der Waals surface area (Å²) in [4.78, 5) is 15.1. The number of pyridine rings is 4. The van der Waals surface area contributed by atoms with E-state index in [9.17, 15) is 0 Å². The number of hydrogen-bond donors (Lipinski definition) is 0. The molecule has 6 heteroatoms. The Balaban J connectivity index is 0. The number of hydrogen-bond acceptors (Lipinski definition) is 4. The van der Waals surface area contributed by atoms with E-state index in [2.05, 4.69) is 19.9 Å². The van der Waals surface area contributed by atoms with Gasteiger partial charge < -0.3 is 0 Å². The largest absolute Gasteiger partial charge is 0.265 e. The fraction of sp³-hybridized carbons (Fsp3) is 0. The van der Waals surface area contributed by atoms with E-state index in [4.69, 9.17) is 0 Å². The molecule has 0 N–H and O–H groups in total. The van der Waals surface area contributed by atoms with Crippen LogP contribution in [0.5, 0.6) is 0 Å². The van der Waals surface area contributed by atoms with E-state index in [1.807, 2.05) is 72.8 Å². The van der Waals surface area contributed by atoms with Gasteiger partial charge in [0.05, 0.1) is 0 Å². The van der Waals surface area contributed by atoms with Gasteiger partial charge in [-0.05, 0) is 48.5 Å². The van der Waals surface area contributed by atoms with Crippen LogP contribution in [0.15, 0.2) is 122 Å². The zero-order valence-corrected chi connectivity index (χ0v) is 16.3. The molecule has 0 aliphatic carbocycles. The minimum Gasteiger partial charge on any atom is -0.265 e. The van der Waals surface area contributed by atoms with E-state index in [1.54, 1.807) is 49.6 Å². The summed E-state index contributed by atoms with van der Waals surface area (Å²) in [5.41, 5.74) is 0. The molecule has 26 heavy (non-hydrogen) atoms. The van der Waals surface area contributed by atoms with Gasteiger partial charge in [-0.1, -0.05) is 24.3 Å². The quantitative estimate of drug-likeness (QED) is 0.392. The monoisotopic (exact) mass is 428 g/mol. The van der Waals surface area contributed by atoms with Crippen LogP contribution in [0.4, 0.5) is 0 Å². The van der Waals surface area contributed by atoms with E-state index in [-0.39, 0.29) is 34.1 Å². The second kappa shape index (κ2) is 22.6. The smallest absolute Gasteiger partial charge is 0.0267 e. The van der Waals surface area contributed by atoms with Crippen molar-refractivity contribution in [2.24, 2.45) is 0 Å². The van der Waals surface area contributed by atoms with Crippen LogP contribution >= 0.6 is 0 Å². The van der Waals surface area contributed by atoms with Crippen LogP contribution in [0.2, 0.25) is 0 Å². The SMILES string of the molecule is [Fe].[Fe].c1ccncc1.c1ccncc1.c1ccncc1.c1ccncc1. The van der Waals surface area contributed by atoms with Crippen LogP contribution in [-0.2, 0) is 34.1 Å². The van der Waals surface area contributed by atoms with Gasteiger partial charge >= 0.3 is 0 Å². The number of rotatable bonds is 0. The predicted octanol–water partition coefficient (Wildman–Crippen LogP) is 4.32. The fourth-order valence-electron chi connectivity index (χ4n) is 1.25. The fourth-order valence-corrected chi connectivity index (χ4v) is 1.25. The minimum atomic E-state index is 0. The molecule has 4 aromatic rings. The molecule has 0 saturated carbocycles.